The molecule has 0 aliphatic heterocycles. The second-order valence-corrected chi connectivity index (χ2v) is 8.62. The summed E-state index contributed by atoms with van der Waals surface area (Å²) in [5.74, 6) is 1.74. The smallest absolute Gasteiger partial charge is 0.273 e. The van der Waals surface area contributed by atoms with E-state index in [4.69, 9.17) is 27.9 Å². The zero-order valence-electron chi connectivity index (χ0n) is 17.1. The van der Waals surface area contributed by atoms with Crippen LogP contribution in [-0.4, -0.2) is 26.8 Å². The normalized spacial score (nSPS) is 13.3. The van der Waals surface area contributed by atoms with E-state index in [0.717, 1.165) is 5.56 Å². The Labute approximate surface area is 195 Å². The summed E-state index contributed by atoms with van der Waals surface area (Å²) in [5, 5.41) is 4.05. The van der Waals surface area contributed by atoms with Gasteiger partial charge in [-0.25, -0.2) is 9.97 Å². The van der Waals surface area contributed by atoms with Crippen molar-refractivity contribution in [3.05, 3.63) is 87.9 Å². The SMILES string of the molecule is O=C(NCCc1ccc(Cl)cc1Cl)c1nc2nccn2cc1Oc1cccc(C2CC2)c1. The summed E-state index contributed by atoms with van der Waals surface area (Å²) in [6, 6.07) is 13.3. The van der Waals surface area contributed by atoms with Gasteiger partial charge in [0.1, 0.15) is 5.75 Å². The van der Waals surface area contributed by atoms with Gasteiger partial charge < -0.3 is 10.1 Å². The zero-order valence-corrected chi connectivity index (χ0v) is 18.6. The molecule has 0 radical (unpaired) electrons. The Hall–Kier alpha value is -3.09. The van der Waals surface area contributed by atoms with Crippen molar-refractivity contribution in [1.82, 2.24) is 19.7 Å². The van der Waals surface area contributed by atoms with Gasteiger partial charge in [-0.15, -0.1) is 0 Å². The number of carbonyl (C=O) groups is 1. The second-order valence-electron chi connectivity index (χ2n) is 7.78. The molecule has 6 nitrogen and oxygen atoms in total. The molecule has 1 aliphatic rings. The lowest BCUT2D eigenvalue weighted by molar-refractivity contribution is 0.0946. The van der Waals surface area contributed by atoms with Crippen molar-refractivity contribution < 1.29 is 9.53 Å². The zero-order chi connectivity index (χ0) is 22.1. The lowest BCUT2D eigenvalue weighted by atomic mass is 10.1. The fraction of sp³-hybridized carbons (Fsp3) is 0.208. The van der Waals surface area contributed by atoms with Crippen LogP contribution in [0.4, 0.5) is 0 Å². The number of carbonyl (C=O) groups excluding carboxylic acids is 1. The van der Waals surface area contributed by atoms with Gasteiger partial charge in [-0.1, -0.05) is 41.4 Å². The number of imidazole rings is 1. The Morgan fingerprint density at radius 3 is 2.88 bits per heavy atom. The van der Waals surface area contributed by atoms with Crippen molar-refractivity contribution in [3.8, 4) is 11.5 Å². The molecule has 0 bridgehead atoms. The van der Waals surface area contributed by atoms with Gasteiger partial charge in [0.2, 0.25) is 5.78 Å². The summed E-state index contributed by atoms with van der Waals surface area (Å²) in [4.78, 5) is 21.6. The predicted molar refractivity (Wildman–Crippen MR) is 124 cm³/mol. The first-order chi connectivity index (χ1) is 15.6. The molecule has 5 rings (SSSR count). The third kappa shape index (κ3) is 4.56. The summed E-state index contributed by atoms with van der Waals surface area (Å²) < 4.78 is 7.84. The summed E-state index contributed by atoms with van der Waals surface area (Å²) in [7, 11) is 0. The van der Waals surface area contributed by atoms with Crippen molar-refractivity contribution in [2.24, 2.45) is 0 Å². The molecule has 0 spiro atoms. The first-order valence-corrected chi connectivity index (χ1v) is 11.2. The minimum atomic E-state index is -0.339. The Morgan fingerprint density at radius 1 is 1.19 bits per heavy atom. The molecule has 0 saturated heterocycles. The lowest BCUT2D eigenvalue weighted by Gasteiger charge is -2.12. The Bertz CT molecular complexity index is 1300. The van der Waals surface area contributed by atoms with Crippen LogP contribution in [0.1, 0.15) is 40.4 Å². The van der Waals surface area contributed by atoms with E-state index < -0.39 is 0 Å². The molecule has 1 fully saturated rings. The number of hydrogen-bond acceptors (Lipinski definition) is 4. The predicted octanol–water partition coefficient (Wildman–Crippen LogP) is 5.68. The van der Waals surface area contributed by atoms with Gasteiger partial charge in [0.25, 0.3) is 5.91 Å². The molecule has 32 heavy (non-hydrogen) atoms. The third-order valence-electron chi connectivity index (χ3n) is 5.39. The van der Waals surface area contributed by atoms with E-state index in [9.17, 15) is 4.79 Å². The largest absolute Gasteiger partial charge is 0.453 e. The van der Waals surface area contributed by atoms with Crippen molar-refractivity contribution in [2.45, 2.75) is 25.2 Å². The number of halogens is 2. The average molecular weight is 467 g/mol. The van der Waals surface area contributed by atoms with E-state index in [-0.39, 0.29) is 11.6 Å². The number of nitrogens with one attached hydrogen (secondary N) is 1. The Balaban J connectivity index is 1.36. The van der Waals surface area contributed by atoms with E-state index in [1.165, 1.54) is 18.4 Å². The molecule has 1 N–H and O–H groups in total. The van der Waals surface area contributed by atoms with Crippen LogP contribution < -0.4 is 10.1 Å². The second kappa shape index (κ2) is 8.81. The van der Waals surface area contributed by atoms with E-state index >= 15 is 0 Å². The molecule has 162 valence electrons. The standard InChI is InChI=1S/C24H20Cl2N4O2/c25-18-7-6-16(20(26)13-18)8-9-27-23(31)22-21(14-30-11-10-28-24(30)29-22)32-19-3-1-2-17(12-19)15-4-5-15/h1-3,6-7,10-15H,4-5,8-9H2,(H,27,31). The number of rotatable bonds is 7. The first-order valence-electron chi connectivity index (χ1n) is 10.4. The van der Waals surface area contributed by atoms with Crippen molar-refractivity contribution in [1.29, 1.82) is 0 Å². The summed E-state index contributed by atoms with van der Waals surface area (Å²) in [6.45, 7) is 0.387. The van der Waals surface area contributed by atoms with E-state index in [1.807, 2.05) is 24.3 Å². The highest BCUT2D eigenvalue weighted by atomic mass is 35.5. The summed E-state index contributed by atoms with van der Waals surface area (Å²) >= 11 is 12.2. The fourth-order valence-electron chi connectivity index (χ4n) is 3.57. The minimum Gasteiger partial charge on any atom is -0.453 e. The van der Waals surface area contributed by atoms with Crippen LogP contribution >= 0.6 is 23.2 Å². The Morgan fingerprint density at radius 2 is 2.06 bits per heavy atom. The van der Waals surface area contributed by atoms with Gasteiger partial charge in [-0.05, 0) is 60.6 Å². The molecule has 0 unspecified atom stereocenters. The number of nitrogens with zero attached hydrogens (tertiary/aromatic N) is 3. The number of ether oxygens (including phenoxy) is 1. The number of hydrogen-bond donors (Lipinski definition) is 1. The topological polar surface area (TPSA) is 68.5 Å². The Kier molecular flexibility index (Phi) is 5.72. The van der Waals surface area contributed by atoms with Crippen LogP contribution in [0.5, 0.6) is 11.5 Å². The molecule has 4 aromatic rings. The molecule has 2 heterocycles. The number of fused-ring (bicyclic) bond motifs is 1. The van der Waals surface area contributed by atoms with Crippen LogP contribution in [0, 0.1) is 0 Å². The van der Waals surface area contributed by atoms with Gasteiger partial charge in [-0.2, -0.15) is 0 Å². The maximum absolute atomic E-state index is 13.0. The molecular weight excluding hydrogens is 447 g/mol. The third-order valence-corrected chi connectivity index (χ3v) is 5.98. The number of aromatic nitrogens is 3. The van der Waals surface area contributed by atoms with Crippen molar-refractivity contribution >= 4 is 34.9 Å². The average Bonchev–Trinajstić information content (AvgIpc) is 3.53. The van der Waals surface area contributed by atoms with Crippen LogP contribution in [-0.2, 0) is 6.42 Å². The monoisotopic (exact) mass is 466 g/mol. The number of benzene rings is 2. The highest BCUT2D eigenvalue weighted by Crippen LogP contribution is 2.41. The molecule has 2 aromatic carbocycles. The molecule has 1 amide bonds. The van der Waals surface area contributed by atoms with Gasteiger partial charge >= 0.3 is 0 Å². The van der Waals surface area contributed by atoms with E-state index in [0.29, 0.717) is 46.2 Å². The molecular formula is C24H20Cl2N4O2. The molecule has 2 aromatic heterocycles. The molecule has 1 saturated carbocycles. The van der Waals surface area contributed by atoms with E-state index in [1.54, 1.807) is 35.1 Å². The van der Waals surface area contributed by atoms with E-state index in [2.05, 4.69) is 21.4 Å². The molecule has 8 heteroatoms. The van der Waals surface area contributed by atoms with Gasteiger partial charge in [0, 0.05) is 29.0 Å². The van der Waals surface area contributed by atoms with Crippen LogP contribution in [0.2, 0.25) is 10.0 Å². The lowest BCUT2D eigenvalue weighted by Crippen LogP contribution is -2.27. The maximum Gasteiger partial charge on any atom is 0.273 e. The highest BCUT2D eigenvalue weighted by Gasteiger charge is 2.24. The molecule has 0 atom stereocenters. The van der Waals surface area contributed by atoms with Crippen LogP contribution in [0.15, 0.2) is 61.1 Å². The first kappa shape index (κ1) is 20.8. The fourth-order valence-corrected chi connectivity index (χ4v) is 4.07. The summed E-state index contributed by atoms with van der Waals surface area (Å²) in [5.41, 5.74) is 2.34. The van der Waals surface area contributed by atoms with Gasteiger partial charge in [0.05, 0.1) is 6.20 Å². The minimum absolute atomic E-state index is 0.183. The number of amides is 1. The quantitative estimate of drug-likeness (QED) is 0.380. The van der Waals surface area contributed by atoms with Crippen molar-refractivity contribution in [2.75, 3.05) is 6.54 Å². The van der Waals surface area contributed by atoms with Crippen LogP contribution in [0.25, 0.3) is 5.78 Å². The highest BCUT2D eigenvalue weighted by molar-refractivity contribution is 6.35. The van der Waals surface area contributed by atoms with Gasteiger partial charge in [-0.3, -0.25) is 9.20 Å². The maximum atomic E-state index is 13.0. The van der Waals surface area contributed by atoms with Crippen LogP contribution in [0.3, 0.4) is 0 Å². The molecule has 1 aliphatic carbocycles. The van der Waals surface area contributed by atoms with Gasteiger partial charge in [0.15, 0.2) is 11.4 Å². The van der Waals surface area contributed by atoms with Crippen molar-refractivity contribution in [3.63, 3.8) is 0 Å². The summed E-state index contributed by atoms with van der Waals surface area (Å²) in [6.07, 6.45) is 8.09.